The summed E-state index contributed by atoms with van der Waals surface area (Å²) in [5, 5.41) is 10.8. The molecule has 0 amide bonds. The van der Waals surface area contributed by atoms with Crippen molar-refractivity contribution in [2.24, 2.45) is 0 Å². The molecular formula is C52H71F17N4O6SSi. The van der Waals surface area contributed by atoms with Gasteiger partial charge >= 0.3 is 47.6 Å². The van der Waals surface area contributed by atoms with Crippen LogP contribution in [0.4, 0.5) is 74.6 Å². The molecule has 2 aromatic carbocycles. The maximum absolute atomic E-state index is 14.5. The molecule has 1 aromatic heterocycles. The zero-order chi connectivity index (χ0) is 61.2. The second-order valence-electron chi connectivity index (χ2n) is 21.9. The highest BCUT2D eigenvalue weighted by atomic mass is 32.2. The van der Waals surface area contributed by atoms with Gasteiger partial charge in [0.1, 0.15) is 5.75 Å². The zero-order valence-electron chi connectivity index (χ0n) is 45.7. The molecule has 0 saturated carbocycles. The lowest BCUT2D eigenvalue weighted by Gasteiger charge is -2.42. The third-order valence-corrected chi connectivity index (χ3v) is 20.9. The van der Waals surface area contributed by atoms with E-state index >= 15 is 0 Å². The topological polar surface area (TPSA) is 115 Å². The largest absolute Gasteiger partial charge is 0.494 e. The Balaban J connectivity index is 1.43. The number of nitrogens with zero attached hydrogens (tertiary/aromatic N) is 4. The molecule has 464 valence electrons. The fourth-order valence-electron chi connectivity index (χ4n) is 8.71. The molecule has 0 N–H and O–H groups in total. The van der Waals surface area contributed by atoms with E-state index in [9.17, 15) is 83.1 Å². The van der Waals surface area contributed by atoms with Crippen molar-refractivity contribution in [2.75, 3.05) is 12.4 Å². The lowest BCUT2D eigenvalue weighted by atomic mass is 9.88. The third-order valence-electron chi connectivity index (χ3n) is 14.7. The van der Waals surface area contributed by atoms with Crippen LogP contribution in [0.2, 0.25) is 18.1 Å². The van der Waals surface area contributed by atoms with Crippen molar-refractivity contribution in [3.05, 3.63) is 60.2 Å². The van der Waals surface area contributed by atoms with Crippen molar-refractivity contribution in [1.82, 2.24) is 20.2 Å². The molecule has 1 saturated heterocycles. The zero-order valence-corrected chi connectivity index (χ0v) is 47.5. The molecule has 1 aliphatic rings. The maximum Gasteiger partial charge on any atom is 0.460 e. The van der Waals surface area contributed by atoms with Crippen LogP contribution in [0.15, 0.2) is 59.8 Å². The quantitative estimate of drug-likeness (QED) is 0.0323. The maximum atomic E-state index is 14.5. The van der Waals surface area contributed by atoms with E-state index in [0.29, 0.717) is 36.9 Å². The molecule has 0 unspecified atom stereocenters. The fraction of sp³-hybridized carbons (Fsp3) is 0.750. The van der Waals surface area contributed by atoms with E-state index < -0.39 is 110 Å². The molecular weight excluding hydrogens is 1160 g/mol. The molecule has 4 atom stereocenters. The van der Waals surface area contributed by atoms with Gasteiger partial charge in [-0.25, -0.2) is 8.42 Å². The first kappa shape index (κ1) is 69.7. The van der Waals surface area contributed by atoms with Crippen LogP contribution in [-0.2, 0) is 30.3 Å². The van der Waals surface area contributed by atoms with Gasteiger partial charge in [0.15, 0.2) is 8.32 Å². The average Bonchev–Trinajstić information content (AvgIpc) is 3.43. The monoisotopic (exact) mass is 1230 g/mol. The molecule has 0 radical (unpaired) electrons. The van der Waals surface area contributed by atoms with Crippen LogP contribution in [0.1, 0.15) is 142 Å². The van der Waals surface area contributed by atoms with Crippen molar-refractivity contribution < 1.29 is 102 Å². The molecule has 2 heterocycles. The van der Waals surface area contributed by atoms with Gasteiger partial charge in [0.05, 0.1) is 49.1 Å². The Hall–Kier alpha value is -3.83. The molecule has 4 rings (SSSR count). The minimum absolute atomic E-state index is 0.0174. The number of ether oxygens (including phenoxy) is 3. The van der Waals surface area contributed by atoms with Gasteiger partial charge in [-0.3, -0.25) is 0 Å². The van der Waals surface area contributed by atoms with Crippen molar-refractivity contribution in [1.29, 1.82) is 0 Å². The number of tetrazole rings is 1. The summed E-state index contributed by atoms with van der Waals surface area (Å²) in [7, 11) is -6.44. The predicted octanol–water partition coefficient (Wildman–Crippen LogP) is 16.2. The van der Waals surface area contributed by atoms with Crippen LogP contribution in [0.5, 0.6) is 5.75 Å². The summed E-state index contributed by atoms with van der Waals surface area (Å²) < 4.78 is 287. The molecule has 3 aromatic rings. The minimum Gasteiger partial charge on any atom is -0.494 e. The Labute approximate surface area is 461 Å². The number of para-hydroxylation sites is 1. The first-order valence-electron chi connectivity index (χ1n) is 26.7. The van der Waals surface area contributed by atoms with Crippen molar-refractivity contribution in [3.8, 4) is 11.4 Å². The van der Waals surface area contributed by atoms with Gasteiger partial charge in [-0.1, -0.05) is 127 Å². The first-order valence-corrected chi connectivity index (χ1v) is 31.2. The van der Waals surface area contributed by atoms with E-state index in [-0.39, 0.29) is 34.7 Å². The van der Waals surface area contributed by atoms with Gasteiger partial charge in [-0.2, -0.15) is 79.3 Å². The number of benzene rings is 2. The lowest BCUT2D eigenvalue weighted by Crippen LogP contribution is -2.74. The van der Waals surface area contributed by atoms with Crippen molar-refractivity contribution in [3.63, 3.8) is 0 Å². The SMILES string of the molecule is CCCCCCCCCCCC[C@@H](OCc1ccc(OCCCC(F)(F)C(F)(F)C(F)(F)C(F)(F)C(F)(F)C(F)(F)C(F)(F)C(F)(F)F)cc1)[C@H]1CC[C@H]([C@@H](CCCS(=O)(=O)c2nnnn2-c2ccccc2)O[Si](C)(C)C(C)(C)C)O1. The highest BCUT2D eigenvalue weighted by molar-refractivity contribution is 7.91. The number of halogens is 17. The molecule has 1 fully saturated rings. The second-order valence-corrected chi connectivity index (χ2v) is 28.7. The normalized spacial score (nSPS) is 17.7. The van der Waals surface area contributed by atoms with Crippen LogP contribution in [-0.4, -0.2) is 121 Å². The lowest BCUT2D eigenvalue weighted by molar-refractivity contribution is -0.461. The van der Waals surface area contributed by atoms with E-state index in [1.165, 1.54) is 43.5 Å². The number of sulfone groups is 1. The third kappa shape index (κ3) is 16.3. The van der Waals surface area contributed by atoms with E-state index in [4.69, 9.17) is 18.6 Å². The summed E-state index contributed by atoms with van der Waals surface area (Å²) >= 11 is 0. The van der Waals surface area contributed by atoms with Gasteiger partial charge < -0.3 is 18.6 Å². The number of hydrogen-bond acceptors (Lipinski definition) is 9. The highest BCUT2D eigenvalue weighted by Crippen LogP contribution is 2.64. The number of aromatic nitrogens is 4. The van der Waals surface area contributed by atoms with Crippen LogP contribution in [0.3, 0.4) is 0 Å². The van der Waals surface area contributed by atoms with Gasteiger partial charge in [-0.05, 0) is 96.9 Å². The van der Waals surface area contributed by atoms with Gasteiger partial charge in [0.2, 0.25) is 9.84 Å². The number of rotatable bonds is 35. The van der Waals surface area contributed by atoms with Crippen LogP contribution >= 0.6 is 0 Å². The van der Waals surface area contributed by atoms with E-state index in [1.54, 1.807) is 30.3 Å². The smallest absolute Gasteiger partial charge is 0.460 e. The number of alkyl halides is 17. The Morgan fingerprint density at radius 3 is 1.65 bits per heavy atom. The summed E-state index contributed by atoms with van der Waals surface area (Å²) in [5.74, 6) is -57.1. The molecule has 0 bridgehead atoms. The van der Waals surface area contributed by atoms with Crippen LogP contribution < -0.4 is 4.74 Å². The van der Waals surface area contributed by atoms with Crippen molar-refractivity contribution in [2.45, 2.75) is 239 Å². The standard InChI is InChI=1S/C52H71F17N4O6SSi/c1-7-8-9-10-11-12-13-14-15-19-24-39(40-30-31-41(78-40)42(79-81(5,6)44(2,3)4)25-20-34-80(74,75)43-70-71-72-73(43)37-22-17-16-18-23-37)77-35-36-26-28-38(29-27-36)76-33-21-32-45(53,54)46(55,56)47(57,58)48(59,60)49(61,62)50(63,64)51(65,66)52(67,68)69/h16-18,22-23,26-29,39-42H,7-15,19-21,24-25,30-35H2,1-6H3/t39-,40-,41-,42-/m1/s1. The predicted molar refractivity (Wildman–Crippen MR) is 267 cm³/mol. The summed E-state index contributed by atoms with van der Waals surface area (Å²) in [4.78, 5) is 0. The van der Waals surface area contributed by atoms with Crippen molar-refractivity contribution >= 4 is 18.2 Å². The molecule has 29 heteroatoms. The van der Waals surface area contributed by atoms with Gasteiger partial charge in [0.25, 0.3) is 5.16 Å². The number of hydrogen-bond donors (Lipinski definition) is 0. The Bertz CT molecular complexity index is 2500. The van der Waals surface area contributed by atoms with E-state index in [0.717, 1.165) is 49.6 Å². The highest BCUT2D eigenvalue weighted by Gasteiger charge is 2.95. The van der Waals surface area contributed by atoms with Crippen LogP contribution in [0.25, 0.3) is 5.69 Å². The Morgan fingerprint density at radius 1 is 0.630 bits per heavy atom. The number of unbranched alkanes of at least 4 members (excludes halogenated alkanes) is 9. The van der Waals surface area contributed by atoms with E-state index in [2.05, 4.69) is 56.3 Å². The van der Waals surface area contributed by atoms with E-state index in [1.807, 2.05) is 0 Å². The summed E-state index contributed by atoms with van der Waals surface area (Å²) in [5.41, 5.74) is 0.989. The average molecular weight is 1230 g/mol. The molecule has 1 aliphatic heterocycles. The Morgan fingerprint density at radius 2 is 1.12 bits per heavy atom. The Kier molecular flexibility index (Phi) is 23.6. The minimum atomic E-state index is -8.68. The molecule has 81 heavy (non-hydrogen) atoms. The van der Waals surface area contributed by atoms with Gasteiger partial charge in [0, 0.05) is 6.42 Å². The first-order chi connectivity index (χ1) is 37.2. The molecule has 0 aliphatic carbocycles. The molecule has 0 spiro atoms. The summed E-state index contributed by atoms with van der Waals surface area (Å²) in [6, 6.07) is 14.0. The van der Waals surface area contributed by atoms with Gasteiger partial charge in [-0.15, -0.1) is 0 Å². The second kappa shape index (κ2) is 27.5. The summed E-state index contributed by atoms with van der Waals surface area (Å²) in [6.07, 6.45) is -0.673. The van der Waals surface area contributed by atoms with Crippen LogP contribution in [0, 0.1) is 0 Å². The summed E-state index contributed by atoms with van der Waals surface area (Å²) in [6.45, 7) is 11.5. The molecule has 10 nitrogen and oxygen atoms in total. The fourth-order valence-corrected chi connectivity index (χ4v) is 11.4.